The normalized spacial score (nSPS) is 16.2. The number of hydrogen-bond donors (Lipinski definition) is 0. The average Bonchev–Trinajstić information content (AvgIpc) is 3.05. The lowest BCUT2D eigenvalue weighted by Crippen LogP contribution is -2.32. The number of methoxy groups -OCH3 is 1. The summed E-state index contributed by atoms with van der Waals surface area (Å²) in [6.07, 6.45) is 2.14. The third kappa shape index (κ3) is 2.99. The van der Waals surface area contributed by atoms with Gasteiger partial charge in [-0.3, -0.25) is 4.90 Å². The quantitative estimate of drug-likeness (QED) is 0.868. The first kappa shape index (κ1) is 14.4. The number of fused-ring (bicyclic) bond motifs is 2. The van der Waals surface area contributed by atoms with Crippen molar-refractivity contribution < 1.29 is 14.2 Å². The first-order chi connectivity index (χ1) is 11.3. The number of nitrogens with zero attached hydrogens (tertiary/aromatic N) is 1. The summed E-state index contributed by atoms with van der Waals surface area (Å²) < 4.78 is 16.2. The van der Waals surface area contributed by atoms with Crippen LogP contribution >= 0.6 is 0 Å². The molecule has 2 aromatic rings. The fraction of sp³-hybridized carbons (Fsp3) is 0.368. The van der Waals surface area contributed by atoms with E-state index in [4.69, 9.17) is 14.2 Å². The van der Waals surface area contributed by atoms with E-state index in [0.29, 0.717) is 6.79 Å². The van der Waals surface area contributed by atoms with Crippen LogP contribution in [0.15, 0.2) is 36.4 Å². The van der Waals surface area contributed by atoms with Gasteiger partial charge in [-0.05, 0) is 53.8 Å². The zero-order valence-corrected chi connectivity index (χ0v) is 13.4. The van der Waals surface area contributed by atoms with E-state index < -0.39 is 0 Å². The van der Waals surface area contributed by atoms with Crippen LogP contribution in [0.3, 0.4) is 0 Å². The van der Waals surface area contributed by atoms with Crippen molar-refractivity contribution >= 4 is 0 Å². The highest BCUT2D eigenvalue weighted by Crippen LogP contribution is 2.36. The topological polar surface area (TPSA) is 30.9 Å². The highest BCUT2D eigenvalue weighted by molar-refractivity contribution is 5.49. The van der Waals surface area contributed by atoms with Gasteiger partial charge in [0.2, 0.25) is 6.79 Å². The standard InChI is InChI=1S/C19H21NO3/c1-21-17-4-2-14(3-5-17)6-8-20-9-7-15-10-18-19(23-13-22-18)11-16(15)12-20/h2-5,10-11H,6-9,12-13H2,1H3. The number of benzene rings is 2. The summed E-state index contributed by atoms with van der Waals surface area (Å²) in [5, 5.41) is 0. The second-order valence-corrected chi connectivity index (χ2v) is 6.10. The maximum absolute atomic E-state index is 5.50. The predicted molar refractivity (Wildman–Crippen MR) is 88.2 cm³/mol. The molecule has 0 N–H and O–H groups in total. The molecule has 0 amide bonds. The Morgan fingerprint density at radius 2 is 1.78 bits per heavy atom. The van der Waals surface area contributed by atoms with Crippen LogP contribution < -0.4 is 14.2 Å². The fourth-order valence-electron chi connectivity index (χ4n) is 3.27. The van der Waals surface area contributed by atoms with E-state index in [9.17, 15) is 0 Å². The Balaban J connectivity index is 1.40. The van der Waals surface area contributed by atoms with Crippen LogP contribution in [0.5, 0.6) is 17.2 Å². The molecule has 0 saturated carbocycles. The van der Waals surface area contributed by atoms with Crippen LogP contribution in [0, 0.1) is 0 Å². The SMILES string of the molecule is COc1ccc(CCN2CCc3cc4c(cc3C2)OCO4)cc1. The van der Waals surface area contributed by atoms with Gasteiger partial charge in [0.15, 0.2) is 11.5 Å². The number of hydrogen-bond acceptors (Lipinski definition) is 4. The van der Waals surface area contributed by atoms with Gasteiger partial charge < -0.3 is 14.2 Å². The fourth-order valence-corrected chi connectivity index (χ4v) is 3.27. The third-order valence-corrected chi connectivity index (χ3v) is 4.66. The Morgan fingerprint density at radius 1 is 1.04 bits per heavy atom. The molecule has 0 fully saturated rings. The minimum absolute atomic E-state index is 0.347. The lowest BCUT2D eigenvalue weighted by Gasteiger charge is -2.29. The maximum Gasteiger partial charge on any atom is 0.231 e. The molecule has 0 atom stereocenters. The van der Waals surface area contributed by atoms with Gasteiger partial charge in [0.25, 0.3) is 0 Å². The zero-order chi connectivity index (χ0) is 15.6. The predicted octanol–water partition coefficient (Wildman–Crippen LogP) is 3.02. The van der Waals surface area contributed by atoms with Gasteiger partial charge in [0.1, 0.15) is 5.75 Å². The van der Waals surface area contributed by atoms with Crippen molar-refractivity contribution in [1.82, 2.24) is 4.90 Å². The van der Waals surface area contributed by atoms with Crippen LogP contribution in [0.25, 0.3) is 0 Å². The summed E-state index contributed by atoms with van der Waals surface area (Å²) in [5.74, 6) is 2.70. The van der Waals surface area contributed by atoms with Gasteiger partial charge in [-0.25, -0.2) is 0 Å². The lowest BCUT2D eigenvalue weighted by molar-refractivity contribution is 0.174. The van der Waals surface area contributed by atoms with Crippen molar-refractivity contribution in [1.29, 1.82) is 0 Å². The van der Waals surface area contributed by atoms with Gasteiger partial charge in [-0.2, -0.15) is 0 Å². The Morgan fingerprint density at radius 3 is 2.52 bits per heavy atom. The smallest absolute Gasteiger partial charge is 0.231 e. The number of rotatable bonds is 4. The summed E-state index contributed by atoms with van der Waals surface area (Å²) >= 11 is 0. The summed E-state index contributed by atoms with van der Waals surface area (Å²) in [5.41, 5.74) is 4.12. The summed E-state index contributed by atoms with van der Waals surface area (Å²) in [4.78, 5) is 2.51. The van der Waals surface area contributed by atoms with Crippen LogP contribution in [-0.2, 0) is 19.4 Å². The molecule has 4 nitrogen and oxygen atoms in total. The van der Waals surface area contributed by atoms with E-state index in [-0.39, 0.29) is 0 Å². The molecule has 0 bridgehead atoms. The molecule has 0 unspecified atom stereocenters. The molecule has 4 heteroatoms. The van der Waals surface area contributed by atoms with E-state index in [2.05, 4.69) is 29.2 Å². The summed E-state index contributed by atoms with van der Waals surface area (Å²) in [6, 6.07) is 12.7. The van der Waals surface area contributed by atoms with Crippen LogP contribution in [0.1, 0.15) is 16.7 Å². The minimum Gasteiger partial charge on any atom is -0.497 e. The van der Waals surface area contributed by atoms with E-state index in [1.807, 2.05) is 12.1 Å². The van der Waals surface area contributed by atoms with Gasteiger partial charge in [0, 0.05) is 19.6 Å². The maximum atomic E-state index is 5.50. The molecular weight excluding hydrogens is 290 g/mol. The van der Waals surface area contributed by atoms with Gasteiger partial charge in [0.05, 0.1) is 7.11 Å². The van der Waals surface area contributed by atoms with Crippen molar-refractivity contribution in [2.45, 2.75) is 19.4 Å². The lowest BCUT2D eigenvalue weighted by atomic mass is 9.98. The molecule has 0 saturated heterocycles. The molecule has 120 valence electrons. The van der Waals surface area contributed by atoms with Crippen molar-refractivity contribution in [3.05, 3.63) is 53.1 Å². The third-order valence-electron chi connectivity index (χ3n) is 4.66. The average molecular weight is 311 g/mol. The highest BCUT2D eigenvalue weighted by atomic mass is 16.7. The monoisotopic (exact) mass is 311 g/mol. The Hall–Kier alpha value is -2.20. The molecule has 2 aliphatic rings. The Labute approximate surface area is 136 Å². The Bertz CT molecular complexity index is 697. The molecule has 2 aromatic carbocycles. The summed E-state index contributed by atoms with van der Waals surface area (Å²) in [7, 11) is 1.70. The second-order valence-electron chi connectivity index (χ2n) is 6.10. The zero-order valence-electron chi connectivity index (χ0n) is 13.4. The van der Waals surface area contributed by atoms with Crippen molar-refractivity contribution in [2.24, 2.45) is 0 Å². The van der Waals surface area contributed by atoms with Gasteiger partial charge >= 0.3 is 0 Å². The van der Waals surface area contributed by atoms with Crippen molar-refractivity contribution in [3.8, 4) is 17.2 Å². The minimum atomic E-state index is 0.347. The van der Waals surface area contributed by atoms with E-state index >= 15 is 0 Å². The molecule has 0 aliphatic carbocycles. The summed E-state index contributed by atoms with van der Waals surface area (Å²) in [6.45, 7) is 3.50. The largest absolute Gasteiger partial charge is 0.497 e. The molecule has 0 spiro atoms. The van der Waals surface area contributed by atoms with Crippen LogP contribution in [0.4, 0.5) is 0 Å². The van der Waals surface area contributed by atoms with Crippen molar-refractivity contribution in [2.75, 3.05) is 27.0 Å². The first-order valence-electron chi connectivity index (χ1n) is 8.08. The molecule has 2 aliphatic heterocycles. The van der Waals surface area contributed by atoms with E-state index in [1.54, 1.807) is 7.11 Å². The molecule has 0 aromatic heterocycles. The van der Waals surface area contributed by atoms with Gasteiger partial charge in [-0.1, -0.05) is 12.1 Å². The van der Waals surface area contributed by atoms with Crippen LogP contribution in [0.2, 0.25) is 0 Å². The number of ether oxygens (including phenoxy) is 3. The Kier molecular flexibility index (Phi) is 3.83. The molecular formula is C19H21NO3. The van der Waals surface area contributed by atoms with Crippen molar-refractivity contribution in [3.63, 3.8) is 0 Å². The molecule has 4 rings (SSSR count). The molecule has 2 heterocycles. The second kappa shape index (κ2) is 6.13. The van der Waals surface area contributed by atoms with Gasteiger partial charge in [-0.15, -0.1) is 0 Å². The van der Waals surface area contributed by atoms with E-state index in [0.717, 1.165) is 49.7 Å². The van der Waals surface area contributed by atoms with E-state index in [1.165, 1.54) is 16.7 Å². The molecule has 23 heavy (non-hydrogen) atoms. The first-order valence-corrected chi connectivity index (χ1v) is 8.08. The van der Waals surface area contributed by atoms with Crippen LogP contribution in [-0.4, -0.2) is 31.9 Å². The molecule has 0 radical (unpaired) electrons. The highest BCUT2D eigenvalue weighted by Gasteiger charge is 2.22.